The second-order valence-electron chi connectivity index (χ2n) is 4.23. The average Bonchev–Trinajstić information content (AvgIpc) is 2.36. The minimum absolute atomic E-state index is 0.0205. The lowest BCUT2D eigenvalue weighted by Gasteiger charge is -2.12. The van der Waals surface area contributed by atoms with Crippen LogP contribution in [-0.2, 0) is 0 Å². The predicted octanol–water partition coefficient (Wildman–Crippen LogP) is 4.09. The molecule has 0 amide bonds. The van der Waals surface area contributed by atoms with Crippen LogP contribution in [0.2, 0.25) is 0 Å². The van der Waals surface area contributed by atoms with Crippen LogP contribution in [0, 0.1) is 19.7 Å². The third-order valence-electron chi connectivity index (χ3n) is 2.80. The van der Waals surface area contributed by atoms with Crippen molar-refractivity contribution in [1.29, 1.82) is 0 Å². The summed E-state index contributed by atoms with van der Waals surface area (Å²) < 4.78 is 19.1. The van der Waals surface area contributed by atoms with E-state index in [0.29, 0.717) is 21.3 Å². The zero-order valence-corrected chi connectivity index (χ0v) is 12.4. The largest absolute Gasteiger partial charge is 0.477 e. The highest BCUT2D eigenvalue weighted by Gasteiger charge is 2.19. The molecule has 2 aromatic rings. The smallest absolute Gasteiger partial charge is 0.341 e. The zero-order chi connectivity index (χ0) is 14.9. The first kappa shape index (κ1) is 14.5. The number of aryl methyl sites for hydroxylation is 1. The molecule has 0 radical (unpaired) electrons. The summed E-state index contributed by atoms with van der Waals surface area (Å²) in [6.45, 7) is 3.32. The number of hydrogen-bond acceptors (Lipinski definition) is 3. The highest BCUT2D eigenvalue weighted by molar-refractivity contribution is 9.10. The lowest BCUT2D eigenvalue weighted by molar-refractivity contribution is 0.0692. The van der Waals surface area contributed by atoms with Crippen molar-refractivity contribution in [1.82, 2.24) is 4.98 Å². The number of pyridine rings is 1. The van der Waals surface area contributed by atoms with Gasteiger partial charge in [-0.2, -0.15) is 0 Å². The Morgan fingerprint density at radius 1 is 1.40 bits per heavy atom. The van der Waals surface area contributed by atoms with Crippen molar-refractivity contribution in [3.63, 3.8) is 0 Å². The van der Waals surface area contributed by atoms with Crippen molar-refractivity contribution in [3.8, 4) is 11.6 Å². The fourth-order valence-electron chi connectivity index (χ4n) is 1.72. The van der Waals surface area contributed by atoms with Gasteiger partial charge in [0.15, 0.2) is 0 Å². The van der Waals surface area contributed by atoms with Gasteiger partial charge in [0.1, 0.15) is 17.1 Å². The fourth-order valence-corrected chi connectivity index (χ4v) is 2.02. The van der Waals surface area contributed by atoms with E-state index in [1.807, 2.05) is 0 Å². The molecule has 0 aliphatic heterocycles. The van der Waals surface area contributed by atoms with Crippen LogP contribution < -0.4 is 4.74 Å². The number of aromatic carboxylic acids is 1. The molecule has 0 bridgehead atoms. The van der Waals surface area contributed by atoms with E-state index in [2.05, 4.69) is 20.9 Å². The Hall–Kier alpha value is -1.95. The van der Waals surface area contributed by atoms with Crippen LogP contribution in [-0.4, -0.2) is 16.1 Å². The van der Waals surface area contributed by atoms with Crippen LogP contribution in [0.25, 0.3) is 0 Å². The van der Waals surface area contributed by atoms with Gasteiger partial charge in [-0.3, -0.25) is 0 Å². The molecular weight excluding hydrogens is 329 g/mol. The van der Waals surface area contributed by atoms with Crippen LogP contribution in [0.1, 0.15) is 21.5 Å². The molecule has 1 heterocycles. The van der Waals surface area contributed by atoms with Crippen LogP contribution in [0.3, 0.4) is 0 Å². The maximum Gasteiger partial charge on any atom is 0.341 e. The van der Waals surface area contributed by atoms with E-state index < -0.39 is 5.97 Å². The van der Waals surface area contributed by atoms with Crippen LogP contribution in [0.5, 0.6) is 11.6 Å². The van der Waals surface area contributed by atoms with Gasteiger partial charge in [-0.15, -0.1) is 0 Å². The van der Waals surface area contributed by atoms with Crippen molar-refractivity contribution in [2.75, 3.05) is 0 Å². The molecule has 0 unspecified atom stereocenters. The van der Waals surface area contributed by atoms with Crippen molar-refractivity contribution in [3.05, 3.63) is 51.4 Å². The van der Waals surface area contributed by atoms with E-state index in [4.69, 9.17) is 4.74 Å². The summed E-state index contributed by atoms with van der Waals surface area (Å²) in [4.78, 5) is 15.3. The second-order valence-corrected chi connectivity index (χ2v) is 5.08. The SMILES string of the molecule is Cc1cc(F)ccc1Oc1ncc(Br)c(C)c1C(=O)O. The minimum Gasteiger partial charge on any atom is -0.477 e. The van der Waals surface area contributed by atoms with Gasteiger partial charge in [0.05, 0.1) is 0 Å². The fraction of sp³-hybridized carbons (Fsp3) is 0.143. The summed E-state index contributed by atoms with van der Waals surface area (Å²) >= 11 is 3.23. The van der Waals surface area contributed by atoms with Crippen LogP contribution in [0.15, 0.2) is 28.9 Å². The molecule has 0 aliphatic carbocycles. The Kier molecular flexibility index (Phi) is 4.04. The molecule has 1 aromatic heterocycles. The molecule has 2 rings (SSSR count). The Balaban J connectivity index is 2.48. The summed E-state index contributed by atoms with van der Waals surface area (Å²) in [5.41, 5.74) is 1.05. The number of carboxylic acids is 1. The highest BCUT2D eigenvalue weighted by atomic mass is 79.9. The van der Waals surface area contributed by atoms with E-state index in [9.17, 15) is 14.3 Å². The van der Waals surface area contributed by atoms with Gasteiger partial charge in [0.2, 0.25) is 5.88 Å². The molecule has 1 aromatic carbocycles. The lowest BCUT2D eigenvalue weighted by atomic mass is 10.1. The summed E-state index contributed by atoms with van der Waals surface area (Å²) in [5.74, 6) is -1.17. The monoisotopic (exact) mass is 339 g/mol. The number of carboxylic acid groups (broad SMARTS) is 1. The molecule has 1 N–H and O–H groups in total. The first-order chi connectivity index (χ1) is 9.40. The van der Waals surface area contributed by atoms with Crippen LogP contribution >= 0.6 is 15.9 Å². The Morgan fingerprint density at radius 3 is 2.70 bits per heavy atom. The maximum absolute atomic E-state index is 13.0. The third kappa shape index (κ3) is 2.80. The number of hydrogen-bond donors (Lipinski definition) is 1. The van der Waals surface area contributed by atoms with Gasteiger partial charge in [-0.1, -0.05) is 0 Å². The molecule has 104 valence electrons. The van der Waals surface area contributed by atoms with Gasteiger partial charge in [-0.25, -0.2) is 14.2 Å². The van der Waals surface area contributed by atoms with Crippen molar-refractivity contribution in [2.45, 2.75) is 13.8 Å². The van der Waals surface area contributed by atoms with E-state index in [-0.39, 0.29) is 17.3 Å². The zero-order valence-electron chi connectivity index (χ0n) is 10.8. The lowest BCUT2D eigenvalue weighted by Crippen LogP contribution is -2.06. The molecule has 0 atom stereocenters. The molecule has 0 aliphatic rings. The van der Waals surface area contributed by atoms with Crippen molar-refractivity contribution >= 4 is 21.9 Å². The van der Waals surface area contributed by atoms with Crippen LogP contribution in [0.4, 0.5) is 4.39 Å². The summed E-state index contributed by atoms with van der Waals surface area (Å²) in [6.07, 6.45) is 1.47. The number of halogens is 2. The average molecular weight is 340 g/mol. The molecule has 0 saturated heterocycles. The van der Waals surface area contributed by atoms with E-state index in [1.54, 1.807) is 13.8 Å². The van der Waals surface area contributed by atoms with Gasteiger partial charge >= 0.3 is 5.97 Å². The molecule has 0 spiro atoms. The predicted molar refractivity (Wildman–Crippen MR) is 74.8 cm³/mol. The molecule has 0 fully saturated rings. The standard InChI is InChI=1S/C14H11BrFNO3/c1-7-5-9(16)3-4-11(7)20-13-12(14(18)19)8(2)10(15)6-17-13/h3-6H,1-2H3,(H,18,19). The normalized spacial score (nSPS) is 10.4. The van der Waals surface area contributed by atoms with E-state index >= 15 is 0 Å². The van der Waals surface area contributed by atoms with Gasteiger partial charge in [-0.05, 0) is 59.1 Å². The molecule has 20 heavy (non-hydrogen) atoms. The van der Waals surface area contributed by atoms with E-state index in [0.717, 1.165) is 0 Å². The number of benzene rings is 1. The number of carbonyl (C=O) groups is 1. The third-order valence-corrected chi connectivity index (χ3v) is 3.60. The topological polar surface area (TPSA) is 59.4 Å². The van der Waals surface area contributed by atoms with E-state index in [1.165, 1.54) is 24.4 Å². The Bertz CT molecular complexity index is 688. The Morgan fingerprint density at radius 2 is 2.10 bits per heavy atom. The summed E-state index contributed by atoms with van der Waals surface area (Å²) in [7, 11) is 0. The minimum atomic E-state index is -1.13. The first-order valence-corrected chi connectivity index (χ1v) is 6.52. The van der Waals surface area contributed by atoms with Gasteiger partial charge in [0.25, 0.3) is 0 Å². The molecule has 0 saturated carbocycles. The van der Waals surface area contributed by atoms with Crippen molar-refractivity contribution < 1.29 is 19.0 Å². The second kappa shape index (κ2) is 5.58. The number of ether oxygens (including phenoxy) is 1. The quantitative estimate of drug-likeness (QED) is 0.914. The number of aromatic nitrogens is 1. The Labute approximate surface area is 123 Å². The highest BCUT2D eigenvalue weighted by Crippen LogP contribution is 2.31. The molecule has 4 nitrogen and oxygen atoms in total. The summed E-state index contributed by atoms with van der Waals surface area (Å²) in [5, 5.41) is 9.26. The first-order valence-electron chi connectivity index (χ1n) is 5.72. The number of rotatable bonds is 3. The molecular formula is C14H11BrFNO3. The van der Waals surface area contributed by atoms with Crippen molar-refractivity contribution in [2.24, 2.45) is 0 Å². The van der Waals surface area contributed by atoms with Gasteiger partial charge in [0, 0.05) is 10.7 Å². The molecule has 6 heteroatoms. The maximum atomic E-state index is 13.0. The van der Waals surface area contributed by atoms with Gasteiger partial charge < -0.3 is 9.84 Å². The number of nitrogens with zero attached hydrogens (tertiary/aromatic N) is 1. The summed E-state index contributed by atoms with van der Waals surface area (Å²) in [6, 6.07) is 3.99.